The van der Waals surface area contributed by atoms with E-state index in [1.54, 1.807) is 0 Å². The first-order chi connectivity index (χ1) is 8.33. The summed E-state index contributed by atoms with van der Waals surface area (Å²) in [6, 6.07) is 7.55. The minimum Gasteiger partial charge on any atom is -0.0831 e. The molecule has 1 rings (SSSR count). The summed E-state index contributed by atoms with van der Waals surface area (Å²) in [5.41, 5.74) is 17.7. The van der Waals surface area contributed by atoms with Crippen molar-refractivity contribution in [3.63, 3.8) is 0 Å². The van der Waals surface area contributed by atoms with Crippen LogP contribution in [0.2, 0.25) is 0 Å². The van der Waals surface area contributed by atoms with Gasteiger partial charge in [-0.2, -0.15) is 0 Å². The fraction of sp³-hybridized carbons (Fsp3) is 0.500. The first-order valence-corrected chi connectivity index (χ1v) is 5.57. The predicted octanol–water partition coefficient (Wildman–Crippen LogP) is 4.78. The van der Waals surface area contributed by atoms with Crippen molar-refractivity contribution in [2.75, 3.05) is 0 Å². The second kappa shape index (κ2) is 5.00. The second-order valence-corrected chi connectivity index (χ2v) is 5.07. The SMILES string of the molecule is CC(C)(N=[N+]=[N-])c1ccc(C(C)(C)N=[N+]=[N-])cc1. The van der Waals surface area contributed by atoms with Crippen LogP contribution >= 0.6 is 0 Å². The van der Waals surface area contributed by atoms with Gasteiger partial charge >= 0.3 is 0 Å². The van der Waals surface area contributed by atoms with E-state index in [0.717, 1.165) is 11.1 Å². The van der Waals surface area contributed by atoms with Crippen LogP contribution in [0.1, 0.15) is 38.8 Å². The standard InChI is InChI=1S/C12H16N6/c1-11(2,15-17-13)9-5-7-10(8-6-9)12(3,4)16-18-14/h5-8H,1-4H3. The maximum absolute atomic E-state index is 8.52. The van der Waals surface area contributed by atoms with Crippen molar-refractivity contribution in [2.24, 2.45) is 10.2 Å². The van der Waals surface area contributed by atoms with Crippen molar-refractivity contribution in [3.05, 3.63) is 56.3 Å². The average Bonchev–Trinajstić information content (AvgIpc) is 2.29. The van der Waals surface area contributed by atoms with Gasteiger partial charge in [-0.25, -0.2) is 0 Å². The first-order valence-electron chi connectivity index (χ1n) is 5.57. The zero-order valence-electron chi connectivity index (χ0n) is 11.0. The van der Waals surface area contributed by atoms with E-state index in [1.807, 2.05) is 52.0 Å². The van der Waals surface area contributed by atoms with Crippen LogP contribution in [0.3, 0.4) is 0 Å². The number of nitrogens with zero attached hydrogens (tertiary/aromatic N) is 6. The molecule has 0 aliphatic carbocycles. The molecule has 0 saturated carbocycles. The molecule has 0 radical (unpaired) electrons. The Hall–Kier alpha value is -2.16. The highest BCUT2D eigenvalue weighted by atomic mass is 15.2. The largest absolute Gasteiger partial charge is 0.0831 e. The molecule has 0 N–H and O–H groups in total. The van der Waals surface area contributed by atoms with Gasteiger partial charge < -0.3 is 0 Å². The van der Waals surface area contributed by atoms with E-state index in [1.165, 1.54) is 0 Å². The van der Waals surface area contributed by atoms with Crippen LogP contribution in [0.15, 0.2) is 34.5 Å². The molecule has 18 heavy (non-hydrogen) atoms. The van der Waals surface area contributed by atoms with Gasteiger partial charge in [-0.1, -0.05) is 62.2 Å². The molecule has 94 valence electrons. The molecule has 0 saturated heterocycles. The fourth-order valence-electron chi connectivity index (χ4n) is 1.63. The van der Waals surface area contributed by atoms with E-state index < -0.39 is 11.1 Å². The van der Waals surface area contributed by atoms with E-state index >= 15 is 0 Å². The van der Waals surface area contributed by atoms with Crippen molar-refractivity contribution < 1.29 is 0 Å². The molecule has 0 spiro atoms. The number of hydrogen-bond acceptors (Lipinski definition) is 2. The summed E-state index contributed by atoms with van der Waals surface area (Å²) in [5, 5.41) is 7.51. The number of rotatable bonds is 4. The van der Waals surface area contributed by atoms with Crippen molar-refractivity contribution in [1.82, 2.24) is 0 Å². The average molecular weight is 244 g/mol. The molecule has 0 unspecified atom stereocenters. The van der Waals surface area contributed by atoms with Gasteiger partial charge in [0.15, 0.2) is 0 Å². The number of hydrogen-bond donors (Lipinski definition) is 0. The summed E-state index contributed by atoms with van der Waals surface area (Å²) in [6.45, 7) is 7.39. The van der Waals surface area contributed by atoms with E-state index in [9.17, 15) is 0 Å². The van der Waals surface area contributed by atoms with Gasteiger partial charge in [0.1, 0.15) is 0 Å². The van der Waals surface area contributed by atoms with Gasteiger partial charge in [-0.05, 0) is 22.2 Å². The molecule has 0 amide bonds. The van der Waals surface area contributed by atoms with Gasteiger partial charge in [0.05, 0.1) is 11.1 Å². The van der Waals surface area contributed by atoms with E-state index in [-0.39, 0.29) is 0 Å². The second-order valence-electron chi connectivity index (χ2n) is 5.07. The third-order valence-electron chi connectivity index (χ3n) is 2.89. The highest BCUT2D eigenvalue weighted by Gasteiger charge is 2.21. The summed E-state index contributed by atoms with van der Waals surface area (Å²) < 4.78 is 0. The van der Waals surface area contributed by atoms with Gasteiger partial charge in [-0.15, -0.1) is 0 Å². The molecule has 0 atom stereocenters. The highest BCUT2D eigenvalue weighted by Crippen LogP contribution is 2.29. The van der Waals surface area contributed by atoms with Crippen LogP contribution in [0.25, 0.3) is 20.9 Å². The molecular formula is C12H16N6. The Bertz CT molecular complexity index is 467. The predicted molar refractivity (Wildman–Crippen MR) is 70.8 cm³/mol. The van der Waals surface area contributed by atoms with Crippen LogP contribution < -0.4 is 0 Å². The molecule has 0 aliphatic rings. The quantitative estimate of drug-likeness (QED) is 0.414. The third-order valence-corrected chi connectivity index (χ3v) is 2.89. The van der Waals surface area contributed by atoms with Crippen LogP contribution in [0, 0.1) is 0 Å². The zero-order chi connectivity index (χ0) is 13.8. The minimum atomic E-state index is -0.587. The lowest BCUT2D eigenvalue weighted by Crippen LogP contribution is -2.15. The van der Waals surface area contributed by atoms with Crippen molar-refractivity contribution >= 4 is 0 Å². The van der Waals surface area contributed by atoms with Gasteiger partial charge in [0.25, 0.3) is 0 Å². The molecule has 0 fully saturated rings. The maximum Gasteiger partial charge on any atom is 0.0681 e. The molecule has 6 heteroatoms. The summed E-state index contributed by atoms with van der Waals surface area (Å²) in [5.74, 6) is 0. The molecule has 0 heterocycles. The van der Waals surface area contributed by atoms with Gasteiger partial charge in [-0.3, -0.25) is 0 Å². The smallest absolute Gasteiger partial charge is 0.0681 e. The topological polar surface area (TPSA) is 97.5 Å². The Labute approximate surface area is 106 Å². The molecule has 6 nitrogen and oxygen atoms in total. The van der Waals surface area contributed by atoms with E-state index in [4.69, 9.17) is 11.1 Å². The molecule has 0 bridgehead atoms. The third kappa shape index (κ3) is 2.94. The highest BCUT2D eigenvalue weighted by molar-refractivity contribution is 5.31. The monoisotopic (exact) mass is 244 g/mol. The molecular weight excluding hydrogens is 228 g/mol. The van der Waals surface area contributed by atoms with Crippen molar-refractivity contribution in [2.45, 2.75) is 38.8 Å². The first kappa shape index (κ1) is 13.9. The molecule has 1 aromatic rings. The van der Waals surface area contributed by atoms with Gasteiger partial charge in [0.2, 0.25) is 0 Å². The lowest BCUT2D eigenvalue weighted by atomic mass is 9.90. The normalized spacial score (nSPS) is 11.3. The minimum absolute atomic E-state index is 0.587. The van der Waals surface area contributed by atoms with E-state index in [2.05, 4.69) is 20.1 Å². The lowest BCUT2D eigenvalue weighted by molar-refractivity contribution is 0.538. The number of azide groups is 2. The Kier molecular flexibility index (Phi) is 3.86. The summed E-state index contributed by atoms with van der Waals surface area (Å²) in [4.78, 5) is 5.69. The molecule has 0 aliphatic heterocycles. The molecule has 0 aromatic heterocycles. The Balaban J connectivity index is 3.14. The van der Waals surface area contributed by atoms with Gasteiger partial charge in [0, 0.05) is 9.82 Å². The Morgan fingerprint density at radius 3 is 1.28 bits per heavy atom. The summed E-state index contributed by atoms with van der Waals surface area (Å²) in [6.07, 6.45) is 0. The number of benzene rings is 1. The van der Waals surface area contributed by atoms with Crippen molar-refractivity contribution in [3.8, 4) is 0 Å². The van der Waals surface area contributed by atoms with Crippen LogP contribution in [0.5, 0.6) is 0 Å². The van der Waals surface area contributed by atoms with Crippen LogP contribution in [0.4, 0.5) is 0 Å². The fourth-order valence-corrected chi connectivity index (χ4v) is 1.63. The Morgan fingerprint density at radius 2 is 1.06 bits per heavy atom. The van der Waals surface area contributed by atoms with Crippen LogP contribution in [-0.4, -0.2) is 0 Å². The Morgan fingerprint density at radius 1 is 0.778 bits per heavy atom. The van der Waals surface area contributed by atoms with E-state index in [0.29, 0.717) is 0 Å². The lowest BCUT2D eigenvalue weighted by Gasteiger charge is -2.22. The summed E-state index contributed by atoms with van der Waals surface area (Å²) >= 11 is 0. The van der Waals surface area contributed by atoms with Crippen molar-refractivity contribution in [1.29, 1.82) is 0 Å². The zero-order valence-corrected chi connectivity index (χ0v) is 11.0. The summed E-state index contributed by atoms with van der Waals surface area (Å²) in [7, 11) is 0. The van der Waals surface area contributed by atoms with Crippen LogP contribution in [-0.2, 0) is 11.1 Å². The maximum atomic E-state index is 8.52. The molecule has 1 aromatic carbocycles.